The first kappa shape index (κ1) is 17.6. The van der Waals surface area contributed by atoms with Crippen LogP contribution in [-0.4, -0.2) is 22.1 Å². The summed E-state index contributed by atoms with van der Waals surface area (Å²) in [7, 11) is 0. The monoisotopic (exact) mass is 372 g/mol. The normalized spacial score (nSPS) is 11.2. The van der Waals surface area contributed by atoms with Crippen molar-refractivity contribution in [3.05, 3.63) is 101 Å². The van der Waals surface area contributed by atoms with Crippen LogP contribution in [0.15, 0.2) is 77.9 Å². The number of halogens is 1. The van der Waals surface area contributed by atoms with Crippen molar-refractivity contribution in [1.29, 1.82) is 0 Å². The molecule has 0 fully saturated rings. The number of hydrazone groups is 1. The van der Waals surface area contributed by atoms with E-state index in [0.29, 0.717) is 17.5 Å². The molecule has 4 rings (SSSR count). The van der Waals surface area contributed by atoms with Crippen LogP contribution in [0.3, 0.4) is 0 Å². The molecule has 0 aliphatic heterocycles. The Kier molecular flexibility index (Phi) is 4.93. The van der Waals surface area contributed by atoms with E-state index in [1.54, 1.807) is 30.3 Å². The van der Waals surface area contributed by atoms with E-state index in [9.17, 15) is 9.18 Å². The van der Waals surface area contributed by atoms with Crippen LogP contribution >= 0.6 is 0 Å². The van der Waals surface area contributed by atoms with Crippen LogP contribution in [0.4, 0.5) is 4.39 Å². The summed E-state index contributed by atoms with van der Waals surface area (Å²) in [6.45, 7) is 0. The maximum atomic E-state index is 12.9. The van der Waals surface area contributed by atoms with Crippen LogP contribution in [0.25, 0.3) is 11.0 Å². The summed E-state index contributed by atoms with van der Waals surface area (Å²) in [6.07, 6.45) is 2.16. The van der Waals surface area contributed by atoms with E-state index in [0.717, 1.165) is 22.4 Å². The maximum absolute atomic E-state index is 12.9. The Hall–Kier alpha value is -3.80. The highest BCUT2D eigenvalue weighted by Crippen LogP contribution is 2.16. The second-order valence-electron chi connectivity index (χ2n) is 6.33. The van der Waals surface area contributed by atoms with Gasteiger partial charge in [0.2, 0.25) is 0 Å². The molecule has 0 saturated carbocycles. The van der Waals surface area contributed by atoms with Crippen LogP contribution in [-0.2, 0) is 6.42 Å². The molecule has 6 heteroatoms. The van der Waals surface area contributed by atoms with Gasteiger partial charge in [0.15, 0.2) is 0 Å². The predicted molar refractivity (Wildman–Crippen MR) is 107 cm³/mol. The van der Waals surface area contributed by atoms with Crippen molar-refractivity contribution in [2.24, 2.45) is 5.10 Å². The maximum Gasteiger partial charge on any atom is 0.271 e. The molecule has 0 aliphatic rings. The molecule has 0 unspecified atom stereocenters. The SMILES string of the molecule is O=C(N/N=C\c1ccc(F)cc1)c1ccc2nc(Cc3ccccc3)[nH]c2c1. The summed E-state index contributed by atoms with van der Waals surface area (Å²) in [5, 5.41) is 3.92. The third-order valence-electron chi connectivity index (χ3n) is 4.26. The first-order valence-corrected chi connectivity index (χ1v) is 8.79. The third-order valence-corrected chi connectivity index (χ3v) is 4.26. The number of imidazole rings is 1. The number of benzene rings is 3. The number of amides is 1. The van der Waals surface area contributed by atoms with Crippen molar-refractivity contribution >= 4 is 23.2 Å². The van der Waals surface area contributed by atoms with Crippen molar-refractivity contribution in [2.75, 3.05) is 0 Å². The number of H-pyrrole nitrogens is 1. The number of fused-ring (bicyclic) bond motifs is 1. The average Bonchev–Trinajstić information content (AvgIpc) is 3.11. The topological polar surface area (TPSA) is 70.1 Å². The second kappa shape index (κ2) is 7.84. The molecule has 1 heterocycles. The molecule has 3 aromatic carbocycles. The van der Waals surface area contributed by atoms with Crippen LogP contribution in [0.5, 0.6) is 0 Å². The van der Waals surface area contributed by atoms with Gasteiger partial charge in [0.25, 0.3) is 5.91 Å². The van der Waals surface area contributed by atoms with E-state index in [-0.39, 0.29) is 11.7 Å². The molecule has 0 atom stereocenters. The Bertz CT molecular complexity index is 1130. The van der Waals surface area contributed by atoms with Crippen LogP contribution < -0.4 is 5.43 Å². The highest BCUT2D eigenvalue weighted by molar-refractivity contribution is 5.97. The van der Waals surface area contributed by atoms with Gasteiger partial charge in [-0.25, -0.2) is 14.8 Å². The Morgan fingerprint density at radius 3 is 2.64 bits per heavy atom. The first-order chi connectivity index (χ1) is 13.7. The van der Waals surface area contributed by atoms with E-state index in [1.165, 1.54) is 18.3 Å². The van der Waals surface area contributed by atoms with Gasteiger partial charge in [-0.1, -0.05) is 42.5 Å². The molecule has 28 heavy (non-hydrogen) atoms. The predicted octanol–water partition coefficient (Wildman–Crippen LogP) is 4.06. The van der Waals surface area contributed by atoms with Crippen molar-refractivity contribution in [3.63, 3.8) is 0 Å². The average molecular weight is 372 g/mol. The van der Waals surface area contributed by atoms with Crippen molar-refractivity contribution < 1.29 is 9.18 Å². The molecule has 1 aromatic heterocycles. The zero-order chi connectivity index (χ0) is 19.3. The number of aromatic nitrogens is 2. The highest BCUT2D eigenvalue weighted by atomic mass is 19.1. The molecule has 5 nitrogen and oxygen atoms in total. The van der Waals surface area contributed by atoms with Gasteiger partial charge in [0.05, 0.1) is 17.2 Å². The van der Waals surface area contributed by atoms with E-state index in [4.69, 9.17) is 0 Å². The van der Waals surface area contributed by atoms with Gasteiger partial charge < -0.3 is 4.98 Å². The number of carbonyl (C=O) groups is 1. The lowest BCUT2D eigenvalue weighted by Gasteiger charge is -2.00. The second-order valence-corrected chi connectivity index (χ2v) is 6.33. The number of nitrogens with one attached hydrogen (secondary N) is 2. The molecule has 138 valence electrons. The minimum atomic E-state index is -0.334. The van der Waals surface area contributed by atoms with Crippen molar-refractivity contribution in [2.45, 2.75) is 6.42 Å². The smallest absolute Gasteiger partial charge is 0.271 e. The van der Waals surface area contributed by atoms with Crippen molar-refractivity contribution in [1.82, 2.24) is 15.4 Å². The molecule has 0 bridgehead atoms. The highest BCUT2D eigenvalue weighted by Gasteiger charge is 2.09. The number of nitrogens with zero attached hydrogens (tertiary/aromatic N) is 2. The number of aromatic amines is 1. The zero-order valence-corrected chi connectivity index (χ0v) is 14.9. The standard InChI is InChI=1S/C22H17FN4O/c23-18-9-6-16(7-10-18)14-24-27-22(28)17-8-11-19-20(13-17)26-21(25-19)12-15-4-2-1-3-5-15/h1-11,13-14H,12H2,(H,25,26)(H,27,28)/b24-14-. The Labute approximate surface area is 160 Å². The minimum absolute atomic E-state index is 0.319. The van der Waals surface area contributed by atoms with Crippen LogP contribution in [0.1, 0.15) is 27.3 Å². The Morgan fingerprint density at radius 1 is 1.07 bits per heavy atom. The van der Waals surface area contributed by atoms with Crippen LogP contribution in [0, 0.1) is 5.82 Å². The first-order valence-electron chi connectivity index (χ1n) is 8.79. The summed E-state index contributed by atoms with van der Waals surface area (Å²) < 4.78 is 12.9. The molecule has 2 N–H and O–H groups in total. The molecule has 0 radical (unpaired) electrons. The van der Waals surface area contributed by atoms with E-state index in [1.807, 2.05) is 30.3 Å². The van der Waals surface area contributed by atoms with Crippen LogP contribution in [0.2, 0.25) is 0 Å². The molecule has 0 saturated heterocycles. The summed E-state index contributed by atoms with van der Waals surface area (Å²) in [5.74, 6) is 0.188. The molecular formula is C22H17FN4O. The fraction of sp³-hybridized carbons (Fsp3) is 0.0455. The van der Waals surface area contributed by atoms with Gasteiger partial charge in [-0.3, -0.25) is 4.79 Å². The number of carbonyl (C=O) groups excluding carboxylic acids is 1. The summed E-state index contributed by atoms with van der Waals surface area (Å²) in [5.41, 5.74) is 6.40. The fourth-order valence-corrected chi connectivity index (χ4v) is 2.86. The van der Waals surface area contributed by atoms with Gasteiger partial charge in [-0.15, -0.1) is 0 Å². The molecule has 0 aliphatic carbocycles. The Morgan fingerprint density at radius 2 is 1.86 bits per heavy atom. The van der Waals surface area contributed by atoms with Gasteiger partial charge in [0, 0.05) is 12.0 Å². The largest absolute Gasteiger partial charge is 0.342 e. The lowest BCUT2D eigenvalue weighted by Crippen LogP contribution is -2.17. The molecule has 0 spiro atoms. The van der Waals surface area contributed by atoms with Gasteiger partial charge >= 0.3 is 0 Å². The van der Waals surface area contributed by atoms with Gasteiger partial charge in [-0.05, 0) is 41.5 Å². The van der Waals surface area contributed by atoms with E-state index in [2.05, 4.69) is 20.5 Å². The molecular weight excluding hydrogens is 355 g/mol. The van der Waals surface area contributed by atoms with E-state index < -0.39 is 0 Å². The zero-order valence-electron chi connectivity index (χ0n) is 14.9. The van der Waals surface area contributed by atoms with Gasteiger partial charge in [0.1, 0.15) is 11.6 Å². The quantitative estimate of drug-likeness (QED) is 0.410. The summed E-state index contributed by atoms with van der Waals surface area (Å²) >= 11 is 0. The lowest BCUT2D eigenvalue weighted by atomic mass is 10.1. The third kappa shape index (κ3) is 4.12. The fourth-order valence-electron chi connectivity index (χ4n) is 2.86. The summed E-state index contributed by atoms with van der Waals surface area (Å²) in [4.78, 5) is 20.1. The minimum Gasteiger partial charge on any atom is -0.342 e. The molecule has 1 amide bonds. The van der Waals surface area contributed by atoms with Gasteiger partial charge in [-0.2, -0.15) is 5.10 Å². The summed E-state index contributed by atoms with van der Waals surface area (Å²) in [6, 6.07) is 21.1. The Balaban J connectivity index is 1.46. The van der Waals surface area contributed by atoms with Crippen molar-refractivity contribution in [3.8, 4) is 0 Å². The molecule has 4 aromatic rings. The lowest BCUT2D eigenvalue weighted by molar-refractivity contribution is 0.0955. The van der Waals surface area contributed by atoms with E-state index >= 15 is 0 Å². The number of hydrogen-bond donors (Lipinski definition) is 2. The number of hydrogen-bond acceptors (Lipinski definition) is 3. The number of rotatable bonds is 5.